The number of nitriles is 1. The number of anilines is 1. The highest BCUT2D eigenvalue weighted by Gasteiger charge is 2.10. The smallest absolute Gasteiger partial charge is 0.255 e. The van der Waals surface area contributed by atoms with Crippen molar-refractivity contribution in [1.82, 2.24) is 4.98 Å². The van der Waals surface area contributed by atoms with Gasteiger partial charge in [-0.1, -0.05) is 6.07 Å². The first-order chi connectivity index (χ1) is 11.9. The summed E-state index contributed by atoms with van der Waals surface area (Å²) in [6.07, 6.45) is 0. The minimum Gasteiger partial charge on any atom is -0.493 e. The van der Waals surface area contributed by atoms with Gasteiger partial charge in [0.15, 0.2) is 18.1 Å². The molecule has 0 bridgehead atoms. The van der Waals surface area contributed by atoms with E-state index in [1.54, 1.807) is 12.1 Å². The van der Waals surface area contributed by atoms with Gasteiger partial charge in [0.2, 0.25) is 0 Å². The number of aryl methyl sites for hydroxylation is 2. The molecule has 1 aromatic carbocycles. The van der Waals surface area contributed by atoms with Gasteiger partial charge in [-0.3, -0.25) is 9.78 Å². The zero-order valence-electron chi connectivity index (χ0n) is 14.4. The molecule has 0 radical (unpaired) electrons. The summed E-state index contributed by atoms with van der Waals surface area (Å²) in [6.45, 7) is 3.97. The first-order valence-electron chi connectivity index (χ1n) is 7.64. The molecular formula is C18H20N4O3. The maximum atomic E-state index is 10.8. The molecule has 1 aromatic heterocycles. The summed E-state index contributed by atoms with van der Waals surface area (Å²) in [5.74, 6) is 0.391. The molecule has 7 heteroatoms. The third-order valence-corrected chi connectivity index (χ3v) is 3.52. The number of methoxy groups -OCH3 is 1. The van der Waals surface area contributed by atoms with E-state index >= 15 is 0 Å². The SMILES string of the molecule is COc1cc(CNc2cc(C)nc(C)c2C#N)ccc1OCC(N)=O. The van der Waals surface area contributed by atoms with E-state index in [4.69, 9.17) is 15.2 Å². The largest absolute Gasteiger partial charge is 0.493 e. The molecule has 130 valence electrons. The van der Waals surface area contributed by atoms with E-state index in [-0.39, 0.29) is 6.61 Å². The Morgan fingerprint density at radius 3 is 2.72 bits per heavy atom. The zero-order chi connectivity index (χ0) is 18.4. The van der Waals surface area contributed by atoms with Crippen molar-refractivity contribution in [2.45, 2.75) is 20.4 Å². The minimum absolute atomic E-state index is 0.213. The summed E-state index contributed by atoms with van der Waals surface area (Å²) < 4.78 is 10.6. The van der Waals surface area contributed by atoms with Crippen molar-refractivity contribution < 1.29 is 14.3 Å². The number of hydrogen-bond acceptors (Lipinski definition) is 6. The van der Waals surface area contributed by atoms with E-state index in [1.165, 1.54) is 7.11 Å². The highest BCUT2D eigenvalue weighted by atomic mass is 16.5. The normalized spacial score (nSPS) is 10.0. The summed E-state index contributed by atoms with van der Waals surface area (Å²) in [7, 11) is 1.52. The maximum absolute atomic E-state index is 10.8. The Balaban J connectivity index is 2.16. The third kappa shape index (κ3) is 4.61. The summed E-state index contributed by atoms with van der Waals surface area (Å²) in [5, 5.41) is 12.6. The van der Waals surface area contributed by atoms with Crippen molar-refractivity contribution in [3.8, 4) is 17.6 Å². The molecule has 2 rings (SSSR count). The topological polar surface area (TPSA) is 110 Å². The highest BCUT2D eigenvalue weighted by Crippen LogP contribution is 2.28. The number of nitrogens with two attached hydrogens (primary N) is 1. The second kappa shape index (κ2) is 8.02. The number of carbonyl (C=O) groups is 1. The van der Waals surface area contributed by atoms with Crippen LogP contribution < -0.4 is 20.5 Å². The number of pyridine rings is 1. The average molecular weight is 340 g/mol. The Hall–Kier alpha value is -3.27. The average Bonchev–Trinajstić information content (AvgIpc) is 2.57. The van der Waals surface area contributed by atoms with Crippen LogP contribution in [0.5, 0.6) is 11.5 Å². The highest BCUT2D eigenvalue weighted by molar-refractivity contribution is 5.75. The van der Waals surface area contributed by atoms with Crippen LogP contribution in [0.25, 0.3) is 0 Å². The molecule has 0 aliphatic heterocycles. The first-order valence-corrected chi connectivity index (χ1v) is 7.64. The molecule has 1 amide bonds. The second-order valence-corrected chi connectivity index (χ2v) is 5.48. The van der Waals surface area contributed by atoms with Crippen molar-refractivity contribution in [3.63, 3.8) is 0 Å². The Morgan fingerprint density at radius 2 is 2.08 bits per heavy atom. The predicted molar refractivity (Wildman–Crippen MR) is 93.4 cm³/mol. The van der Waals surface area contributed by atoms with Gasteiger partial charge in [-0.05, 0) is 37.6 Å². The van der Waals surface area contributed by atoms with Gasteiger partial charge in [-0.15, -0.1) is 0 Å². The lowest BCUT2D eigenvalue weighted by atomic mass is 10.1. The number of ether oxygens (including phenoxy) is 2. The van der Waals surface area contributed by atoms with Gasteiger partial charge in [0.25, 0.3) is 5.91 Å². The molecule has 1 heterocycles. The number of carbonyl (C=O) groups excluding carboxylic acids is 1. The number of nitrogens with one attached hydrogen (secondary N) is 1. The fourth-order valence-electron chi connectivity index (χ4n) is 2.40. The van der Waals surface area contributed by atoms with Crippen molar-refractivity contribution in [2.75, 3.05) is 19.0 Å². The predicted octanol–water partition coefficient (Wildman–Crippen LogP) is 2.05. The molecule has 3 N–H and O–H groups in total. The molecule has 0 aliphatic carbocycles. The quantitative estimate of drug-likeness (QED) is 0.798. The van der Waals surface area contributed by atoms with Gasteiger partial charge in [-0.2, -0.15) is 5.26 Å². The fraction of sp³-hybridized carbons (Fsp3) is 0.278. The van der Waals surface area contributed by atoms with Crippen molar-refractivity contribution in [3.05, 3.63) is 46.8 Å². The Bertz CT molecular complexity index is 828. The van der Waals surface area contributed by atoms with Crippen molar-refractivity contribution in [2.24, 2.45) is 5.73 Å². The van der Waals surface area contributed by atoms with Crippen LogP contribution in [-0.2, 0) is 11.3 Å². The molecule has 0 fully saturated rings. The van der Waals surface area contributed by atoms with E-state index in [9.17, 15) is 10.1 Å². The van der Waals surface area contributed by atoms with E-state index < -0.39 is 5.91 Å². The molecule has 7 nitrogen and oxygen atoms in total. The van der Waals surface area contributed by atoms with Crippen LogP contribution in [0.2, 0.25) is 0 Å². The van der Waals surface area contributed by atoms with Gasteiger partial charge < -0.3 is 20.5 Å². The van der Waals surface area contributed by atoms with Gasteiger partial charge in [0, 0.05) is 12.2 Å². The van der Waals surface area contributed by atoms with Crippen LogP contribution in [0.15, 0.2) is 24.3 Å². The number of hydrogen-bond donors (Lipinski definition) is 2. The monoisotopic (exact) mass is 340 g/mol. The van der Waals surface area contributed by atoms with Crippen LogP contribution >= 0.6 is 0 Å². The van der Waals surface area contributed by atoms with E-state index in [1.807, 2.05) is 26.0 Å². The standard InChI is InChI=1S/C18H20N4O3/c1-11-6-15(14(8-19)12(2)22-11)21-9-13-4-5-16(17(7-13)24-3)25-10-18(20)23/h4-7H,9-10H2,1-3H3,(H2,20,23)(H,21,22). The van der Waals surface area contributed by atoms with Gasteiger partial charge in [0.1, 0.15) is 6.07 Å². The first kappa shape index (κ1) is 18.1. The molecule has 0 atom stereocenters. The van der Waals surface area contributed by atoms with Gasteiger partial charge in [0.05, 0.1) is 24.1 Å². The van der Waals surface area contributed by atoms with Crippen molar-refractivity contribution in [1.29, 1.82) is 5.26 Å². The molecule has 0 unspecified atom stereocenters. The Labute approximate surface area is 146 Å². The maximum Gasteiger partial charge on any atom is 0.255 e. The molecule has 0 saturated heterocycles. The number of benzene rings is 1. The third-order valence-electron chi connectivity index (χ3n) is 3.52. The van der Waals surface area contributed by atoms with E-state index in [0.717, 1.165) is 16.9 Å². The molecule has 0 saturated carbocycles. The Morgan fingerprint density at radius 1 is 1.32 bits per heavy atom. The number of primary amides is 1. The fourth-order valence-corrected chi connectivity index (χ4v) is 2.40. The minimum atomic E-state index is -0.555. The summed E-state index contributed by atoms with van der Waals surface area (Å²) in [5.41, 5.74) is 8.80. The Kier molecular flexibility index (Phi) is 5.79. The number of aromatic nitrogens is 1. The van der Waals surface area contributed by atoms with Crippen molar-refractivity contribution >= 4 is 11.6 Å². The second-order valence-electron chi connectivity index (χ2n) is 5.48. The summed E-state index contributed by atoms with van der Waals surface area (Å²) >= 11 is 0. The number of rotatable bonds is 7. The van der Waals surface area contributed by atoms with Crippen LogP contribution in [0, 0.1) is 25.2 Å². The lowest BCUT2D eigenvalue weighted by Crippen LogP contribution is -2.20. The van der Waals surface area contributed by atoms with Gasteiger partial charge >= 0.3 is 0 Å². The summed E-state index contributed by atoms with van der Waals surface area (Å²) in [4.78, 5) is 15.1. The zero-order valence-corrected chi connectivity index (χ0v) is 14.4. The summed E-state index contributed by atoms with van der Waals surface area (Å²) in [6, 6.07) is 9.38. The molecular weight excluding hydrogens is 320 g/mol. The lowest BCUT2D eigenvalue weighted by molar-refractivity contribution is -0.119. The number of amides is 1. The molecule has 2 aromatic rings. The van der Waals surface area contributed by atoms with E-state index in [0.29, 0.717) is 29.3 Å². The number of nitrogens with zero attached hydrogens (tertiary/aromatic N) is 2. The molecule has 0 spiro atoms. The molecule has 25 heavy (non-hydrogen) atoms. The molecule has 0 aliphatic rings. The van der Waals surface area contributed by atoms with E-state index in [2.05, 4.69) is 16.4 Å². The van der Waals surface area contributed by atoms with Crippen LogP contribution in [-0.4, -0.2) is 24.6 Å². The van der Waals surface area contributed by atoms with Gasteiger partial charge in [-0.25, -0.2) is 0 Å². The van der Waals surface area contributed by atoms with Crippen LogP contribution in [0.4, 0.5) is 5.69 Å². The lowest BCUT2D eigenvalue weighted by Gasteiger charge is -2.13. The van der Waals surface area contributed by atoms with Crippen LogP contribution in [0.1, 0.15) is 22.5 Å². The van der Waals surface area contributed by atoms with Crippen LogP contribution in [0.3, 0.4) is 0 Å².